The molecule has 200 valence electrons. The standard InChI is InChI=1S/C29H34N4O3S2/c1-4-5-15-32-26(31-18-20-11-13-22(36-3)14-12-20)23(19(2)24(17-30)27(32)34)16-25-28(35)33(29(37)38-25)21-9-7-6-8-10-21/h11-14,16,21,31H,4-10,15,18H2,1-3H3/b25-16+. The number of carbonyl (C=O) groups excluding carboxylic acids is 1. The molecule has 1 aliphatic carbocycles. The molecule has 1 saturated heterocycles. The van der Waals surface area contributed by atoms with Gasteiger partial charge in [-0.2, -0.15) is 5.26 Å². The Morgan fingerprint density at radius 3 is 2.55 bits per heavy atom. The molecule has 0 unspecified atom stereocenters. The van der Waals surface area contributed by atoms with Gasteiger partial charge in [0.1, 0.15) is 27.5 Å². The number of unbranched alkanes of at least 4 members (excludes halogenated alkanes) is 1. The Morgan fingerprint density at radius 2 is 1.92 bits per heavy atom. The van der Waals surface area contributed by atoms with Gasteiger partial charge < -0.3 is 10.1 Å². The monoisotopic (exact) mass is 550 g/mol. The quantitative estimate of drug-likeness (QED) is 0.303. The molecular weight excluding hydrogens is 516 g/mol. The number of ether oxygens (including phenoxy) is 1. The molecule has 2 fully saturated rings. The molecule has 0 radical (unpaired) electrons. The number of anilines is 1. The molecule has 2 aliphatic rings. The molecule has 7 nitrogen and oxygen atoms in total. The van der Waals surface area contributed by atoms with E-state index in [-0.39, 0.29) is 23.1 Å². The summed E-state index contributed by atoms with van der Waals surface area (Å²) in [6.45, 7) is 4.77. The zero-order chi connectivity index (χ0) is 27.2. The van der Waals surface area contributed by atoms with Crippen LogP contribution in [0.15, 0.2) is 34.0 Å². The highest BCUT2D eigenvalue weighted by molar-refractivity contribution is 8.26. The van der Waals surface area contributed by atoms with Crippen LogP contribution >= 0.6 is 24.0 Å². The summed E-state index contributed by atoms with van der Waals surface area (Å²) in [6, 6.07) is 9.96. The molecule has 38 heavy (non-hydrogen) atoms. The molecule has 2 aromatic rings. The summed E-state index contributed by atoms with van der Waals surface area (Å²) in [5.41, 5.74) is 2.03. The number of rotatable bonds is 9. The van der Waals surface area contributed by atoms with Crippen LogP contribution in [-0.2, 0) is 17.9 Å². The summed E-state index contributed by atoms with van der Waals surface area (Å²) in [4.78, 5) is 29.2. The number of carbonyl (C=O) groups is 1. The van der Waals surface area contributed by atoms with Crippen LogP contribution in [0, 0.1) is 18.3 Å². The largest absolute Gasteiger partial charge is 0.497 e. The SMILES string of the molecule is CCCCn1c(NCc2ccc(OC)cc2)c(/C=C2/SC(=S)N(C3CCCCC3)C2=O)c(C)c(C#N)c1=O. The van der Waals surface area contributed by atoms with E-state index in [1.807, 2.05) is 30.3 Å². The van der Waals surface area contributed by atoms with Gasteiger partial charge in [0.05, 0.1) is 12.0 Å². The van der Waals surface area contributed by atoms with E-state index in [2.05, 4.69) is 18.3 Å². The second-order valence-electron chi connectivity index (χ2n) is 9.73. The van der Waals surface area contributed by atoms with Crippen molar-refractivity contribution >= 4 is 46.1 Å². The Bertz CT molecular complexity index is 1340. The Labute approximate surface area is 233 Å². The number of hydrogen-bond acceptors (Lipinski definition) is 7. The van der Waals surface area contributed by atoms with E-state index in [0.29, 0.717) is 39.3 Å². The number of thiocarbonyl (C=S) groups is 1. The number of nitrogens with one attached hydrogen (secondary N) is 1. The van der Waals surface area contributed by atoms with Gasteiger partial charge in [-0.1, -0.05) is 68.7 Å². The van der Waals surface area contributed by atoms with Crippen molar-refractivity contribution in [2.24, 2.45) is 0 Å². The van der Waals surface area contributed by atoms with Crippen LogP contribution in [0.25, 0.3) is 6.08 Å². The van der Waals surface area contributed by atoms with Crippen LogP contribution in [0.5, 0.6) is 5.75 Å². The molecule has 2 heterocycles. The first-order valence-electron chi connectivity index (χ1n) is 13.2. The fourth-order valence-electron chi connectivity index (χ4n) is 5.08. The minimum Gasteiger partial charge on any atom is -0.497 e. The molecule has 1 amide bonds. The number of pyridine rings is 1. The van der Waals surface area contributed by atoms with Crippen LogP contribution < -0.4 is 15.6 Å². The summed E-state index contributed by atoms with van der Waals surface area (Å²) in [5, 5.41) is 13.3. The van der Waals surface area contributed by atoms with E-state index in [1.165, 1.54) is 18.2 Å². The summed E-state index contributed by atoms with van der Waals surface area (Å²) < 4.78 is 7.49. The lowest BCUT2D eigenvalue weighted by molar-refractivity contribution is -0.124. The summed E-state index contributed by atoms with van der Waals surface area (Å²) >= 11 is 6.94. The van der Waals surface area contributed by atoms with Crippen molar-refractivity contribution in [3.8, 4) is 11.8 Å². The highest BCUT2D eigenvalue weighted by Gasteiger charge is 2.38. The second kappa shape index (κ2) is 12.6. The fourth-order valence-corrected chi connectivity index (χ4v) is 6.46. The lowest BCUT2D eigenvalue weighted by Crippen LogP contribution is -2.39. The van der Waals surface area contributed by atoms with E-state index < -0.39 is 0 Å². The first kappa shape index (κ1) is 27.9. The van der Waals surface area contributed by atoms with Crippen LogP contribution in [0.1, 0.15) is 74.1 Å². The molecule has 9 heteroatoms. The molecule has 0 bridgehead atoms. The molecule has 1 N–H and O–H groups in total. The minimum atomic E-state index is -0.317. The van der Waals surface area contributed by atoms with Crippen LogP contribution in [0.3, 0.4) is 0 Å². The Morgan fingerprint density at radius 1 is 1.21 bits per heavy atom. The number of nitriles is 1. The third-order valence-electron chi connectivity index (χ3n) is 7.27. The smallest absolute Gasteiger partial charge is 0.270 e. The number of hydrogen-bond donors (Lipinski definition) is 1. The Hall–Kier alpha value is -3.09. The molecule has 1 aromatic heterocycles. The van der Waals surface area contributed by atoms with Crippen LogP contribution in [0.4, 0.5) is 5.82 Å². The van der Waals surface area contributed by atoms with Crippen molar-refractivity contribution in [3.63, 3.8) is 0 Å². The minimum absolute atomic E-state index is 0.0859. The number of nitrogens with zero attached hydrogens (tertiary/aromatic N) is 3. The van der Waals surface area contributed by atoms with Gasteiger partial charge in [-0.05, 0) is 55.5 Å². The average molecular weight is 551 g/mol. The van der Waals surface area contributed by atoms with Gasteiger partial charge in [0.15, 0.2) is 0 Å². The van der Waals surface area contributed by atoms with Crippen molar-refractivity contribution in [2.45, 2.75) is 77.9 Å². The van der Waals surface area contributed by atoms with Crippen molar-refractivity contribution in [1.82, 2.24) is 9.47 Å². The third-order valence-corrected chi connectivity index (χ3v) is 8.60. The van der Waals surface area contributed by atoms with Gasteiger partial charge in [0.25, 0.3) is 11.5 Å². The number of thioether (sulfide) groups is 1. The van der Waals surface area contributed by atoms with E-state index in [4.69, 9.17) is 17.0 Å². The lowest BCUT2D eigenvalue weighted by Gasteiger charge is -2.29. The average Bonchev–Trinajstić information content (AvgIpc) is 3.22. The highest BCUT2D eigenvalue weighted by atomic mass is 32.2. The summed E-state index contributed by atoms with van der Waals surface area (Å²) in [7, 11) is 1.63. The molecule has 4 rings (SSSR count). The maximum absolute atomic E-state index is 13.5. The normalized spacial score (nSPS) is 17.2. The molecule has 1 saturated carbocycles. The van der Waals surface area contributed by atoms with Crippen molar-refractivity contribution < 1.29 is 9.53 Å². The summed E-state index contributed by atoms with van der Waals surface area (Å²) in [6.07, 6.45) is 8.84. The van der Waals surface area contributed by atoms with Gasteiger partial charge in [0.2, 0.25) is 0 Å². The molecule has 1 aromatic carbocycles. The maximum atomic E-state index is 13.5. The number of benzene rings is 1. The Balaban J connectivity index is 1.77. The highest BCUT2D eigenvalue weighted by Crippen LogP contribution is 2.38. The predicted octanol–water partition coefficient (Wildman–Crippen LogP) is 5.98. The van der Waals surface area contributed by atoms with Crippen LogP contribution in [-0.4, -0.2) is 32.8 Å². The predicted molar refractivity (Wildman–Crippen MR) is 157 cm³/mol. The second-order valence-corrected chi connectivity index (χ2v) is 11.4. The number of amides is 1. The van der Waals surface area contributed by atoms with Crippen molar-refractivity contribution in [1.29, 1.82) is 5.26 Å². The molecule has 1 aliphatic heterocycles. The third kappa shape index (κ3) is 5.82. The first-order chi connectivity index (χ1) is 18.4. The fraction of sp³-hybridized carbons (Fsp3) is 0.448. The molecule has 0 atom stereocenters. The first-order valence-corrected chi connectivity index (χ1v) is 14.4. The Kier molecular flexibility index (Phi) is 9.29. The maximum Gasteiger partial charge on any atom is 0.270 e. The van der Waals surface area contributed by atoms with Gasteiger partial charge in [-0.25, -0.2) is 0 Å². The van der Waals surface area contributed by atoms with Gasteiger partial charge in [-0.15, -0.1) is 0 Å². The van der Waals surface area contributed by atoms with Gasteiger partial charge in [0, 0.05) is 24.7 Å². The van der Waals surface area contributed by atoms with E-state index >= 15 is 0 Å². The van der Waals surface area contributed by atoms with Gasteiger partial charge in [-0.3, -0.25) is 19.1 Å². The molecular formula is C29H34N4O3S2. The van der Waals surface area contributed by atoms with Crippen molar-refractivity contribution in [3.05, 3.63) is 61.8 Å². The zero-order valence-corrected chi connectivity index (χ0v) is 23.8. The topological polar surface area (TPSA) is 87.4 Å². The van der Waals surface area contributed by atoms with Crippen molar-refractivity contribution in [2.75, 3.05) is 12.4 Å². The lowest BCUT2D eigenvalue weighted by atomic mass is 9.94. The number of methoxy groups -OCH3 is 1. The number of aromatic nitrogens is 1. The zero-order valence-electron chi connectivity index (χ0n) is 22.2. The van der Waals surface area contributed by atoms with Crippen LogP contribution in [0.2, 0.25) is 0 Å². The van der Waals surface area contributed by atoms with Gasteiger partial charge >= 0.3 is 0 Å². The van der Waals surface area contributed by atoms with E-state index in [1.54, 1.807) is 23.5 Å². The van der Waals surface area contributed by atoms with E-state index in [9.17, 15) is 14.9 Å². The summed E-state index contributed by atoms with van der Waals surface area (Å²) in [5.74, 6) is 1.29. The van der Waals surface area contributed by atoms with E-state index in [0.717, 1.165) is 49.8 Å². The molecule has 0 spiro atoms.